The van der Waals surface area contributed by atoms with Crippen molar-refractivity contribution in [3.8, 4) is 11.1 Å². The number of aromatic amines is 1. The molecule has 332 valence electrons. The SMILES string of the molecule is C=C1CCC(N2Cc3cc(N4CC[C@H](N5CCN(c6ccc(-c7cnc8[nH]cc(C(=O)c9c(F)ccc(NS(=O)(=O)N%10CC[C@@H](F)C%10)c9F)c8c7)cc6)CC5)C4)ccc3C2=O)C(=O)N1. The Labute approximate surface area is 367 Å². The molecule has 5 aliphatic rings. The van der Waals surface area contributed by atoms with Gasteiger partial charge in [-0.3, -0.25) is 24.0 Å². The average Bonchev–Trinajstić information content (AvgIpc) is 4.11. The van der Waals surface area contributed by atoms with Gasteiger partial charge in [-0.25, -0.2) is 18.2 Å². The highest BCUT2D eigenvalue weighted by atomic mass is 32.2. The average molecular weight is 894 g/mol. The summed E-state index contributed by atoms with van der Waals surface area (Å²) in [7, 11) is -4.36. The van der Waals surface area contributed by atoms with Gasteiger partial charge in [0.2, 0.25) is 11.7 Å². The molecule has 3 N–H and O–H groups in total. The highest BCUT2D eigenvalue weighted by molar-refractivity contribution is 7.90. The van der Waals surface area contributed by atoms with Crippen molar-refractivity contribution in [3.63, 3.8) is 0 Å². The molecule has 2 aromatic heterocycles. The topological polar surface area (TPSA) is 154 Å². The largest absolute Gasteiger partial charge is 0.370 e. The van der Waals surface area contributed by atoms with Gasteiger partial charge in [-0.15, -0.1) is 0 Å². The number of anilines is 3. The number of hydrogen-bond donors (Lipinski definition) is 3. The summed E-state index contributed by atoms with van der Waals surface area (Å²) in [6.07, 6.45) is 3.90. The zero-order chi connectivity index (χ0) is 44.4. The van der Waals surface area contributed by atoms with E-state index >= 15 is 8.78 Å². The number of nitrogens with one attached hydrogen (secondary N) is 3. The van der Waals surface area contributed by atoms with Gasteiger partial charge in [-0.05, 0) is 85.3 Å². The number of ketones is 1. The minimum absolute atomic E-state index is 0.00431. The molecule has 3 atom stereocenters. The molecule has 5 aliphatic heterocycles. The Bertz CT molecular complexity index is 2830. The number of hydrogen-bond acceptors (Lipinski definition) is 9. The maximum Gasteiger partial charge on any atom is 0.301 e. The second-order valence-corrected chi connectivity index (χ2v) is 18.8. The Balaban J connectivity index is 0.768. The third kappa shape index (κ3) is 7.66. The fraction of sp³-hybridized carbons (Fsp3) is 0.348. The first-order valence-corrected chi connectivity index (χ1v) is 22.9. The van der Waals surface area contributed by atoms with Crippen LogP contribution in [-0.2, 0) is 21.5 Å². The summed E-state index contributed by atoms with van der Waals surface area (Å²) < 4.78 is 73.1. The molecule has 0 spiro atoms. The molecule has 10 rings (SSSR count). The molecule has 5 aromatic rings. The summed E-state index contributed by atoms with van der Waals surface area (Å²) in [5.41, 5.74) is 4.70. The number of piperazine rings is 1. The summed E-state index contributed by atoms with van der Waals surface area (Å²) in [5, 5.41) is 3.13. The standard InChI is InChI=1S/C46H46F3N9O5S/c1-27-2-11-40(45(60)52-27)58-24-30-20-33(7-8-35(30)46(58)61)56-14-13-34(26-56)55-18-16-54(17-19-55)32-5-3-28(4-6-32)29-21-36-37(23-51-44(36)50-22-29)43(59)41-38(48)9-10-39(42(41)49)53-64(62,63)57-15-12-31(47)25-57/h3-10,20-23,31,34,40,53H,1-2,11-19,24-26H2,(H,50,51)(H,52,60)/t31-,34+,40?/m1/s1. The number of amides is 2. The van der Waals surface area contributed by atoms with Crippen molar-refractivity contribution in [2.45, 2.75) is 50.5 Å². The number of alkyl halides is 1. The van der Waals surface area contributed by atoms with E-state index in [4.69, 9.17) is 0 Å². The lowest BCUT2D eigenvalue weighted by Crippen LogP contribution is -2.51. The first-order chi connectivity index (χ1) is 30.8. The van der Waals surface area contributed by atoms with E-state index in [0.717, 1.165) is 84.6 Å². The van der Waals surface area contributed by atoms with Gasteiger partial charge in [-0.1, -0.05) is 18.7 Å². The minimum Gasteiger partial charge on any atom is -0.370 e. The third-order valence-corrected chi connectivity index (χ3v) is 14.8. The van der Waals surface area contributed by atoms with Crippen molar-refractivity contribution in [2.24, 2.45) is 0 Å². The summed E-state index contributed by atoms with van der Waals surface area (Å²) in [5.74, 6) is -3.81. The Hall–Kier alpha value is -6.24. The van der Waals surface area contributed by atoms with E-state index in [1.54, 1.807) is 17.2 Å². The second kappa shape index (κ2) is 16.4. The summed E-state index contributed by atoms with van der Waals surface area (Å²) >= 11 is 0. The van der Waals surface area contributed by atoms with Gasteiger partial charge < -0.3 is 25.0 Å². The maximum absolute atomic E-state index is 15.8. The van der Waals surface area contributed by atoms with E-state index in [0.29, 0.717) is 53.3 Å². The lowest BCUT2D eigenvalue weighted by molar-refractivity contribution is -0.126. The quantitative estimate of drug-likeness (QED) is 0.152. The number of piperidine rings is 1. The number of H-pyrrole nitrogens is 1. The molecule has 18 heteroatoms. The summed E-state index contributed by atoms with van der Waals surface area (Å²) in [4.78, 5) is 56.0. The van der Waals surface area contributed by atoms with Crippen molar-refractivity contribution in [3.05, 3.63) is 119 Å². The second-order valence-electron chi connectivity index (χ2n) is 17.2. The number of halogens is 3. The Morgan fingerprint density at radius 2 is 1.64 bits per heavy atom. The number of nitrogens with zero attached hydrogens (tertiary/aromatic N) is 6. The van der Waals surface area contributed by atoms with Crippen molar-refractivity contribution < 1.29 is 36.0 Å². The van der Waals surface area contributed by atoms with E-state index in [1.165, 1.54) is 6.20 Å². The predicted octanol–water partition coefficient (Wildman–Crippen LogP) is 5.59. The Kier molecular flexibility index (Phi) is 10.7. The normalized spacial score (nSPS) is 22.1. The van der Waals surface area contributed by atoms with Gasteiger partial charge in [0.25, 0.3) is 5.91 Å². The van der Waals surface area contributed by atoms with Gasteiger partial charge >= 0.3 is 10.2 Å². The van der Waals surface area contributed by atoms with Crippen LogP contribution in [0.3, 0.4) is 0 Å². The van der Waals surface area contributed by atoms with Crippen LogP contribution in [0.15, 0.2) is 85.3 Å². The molecule has 3 aromatic carbocycles. The Morgan fingerprint density at radius 3 is 2.39 bits per heavy atom. The number of pyridine rings is 1. The van der Waals surface area contributed by atoms with Crippen LogP contribution >= 0.6 is 0 Å². The zero-order valence-corrected chi connectivity index (χ0v) is 35.6. The molecule has 7 heterocycles. The fourth-order valence-electron chi connectivity index (χ4n) is 9.75. The van der Waals surface area contributed by atoms with Crippen LogP contribution in [0.2, 0.25) is 0 Å². The molecular weight excluding hydrogens is 848 g/mol. The number of rotatable bonds is 10. The van der Waals surface area contributed by atoms with Crippen LogP contribution in [0.4, 0.5) is 30.2 Å². The van der Waals surface area contributed by atoms with E-state index in [-0.39, 0.29) is 36.9 Å². The molecule has 0 aliphatic carbocycles. The van der Waals surface area contributed by atoms with Gasteiger partial charge in [0.05, 0.1) is 11.3 Å². The molecule has 4 saturated heterocycles. The van der Waals surface area contributed by atoms with Gasteiger partial charge in [0.1, 0.15) is 23.7 Å². The monoisotopic (exact) mass is 893 g/mol. The van der Waals surface area contributed by atoms with E-state index < -0.39 is 51.1 Å². The molecule has 0 radical (unpaired) electrons. The molecule has 0 bridgehead atoms. The van der Waals surface area contributed by atoms with Gasteiger partial charge in [-0.2, -0.15) is 12.7 Å². The number of carbonyl (C=O) groups is 3. The van der Waals surface area contributed by atoms with Crippen LogP contribution in [0, 0.1) is 11.6 Å². The van der Waals surface area contributed by atoms with Gasteiger partial charge in [0.15, 0.2) is 5.82 Å². The fourth-order valence-corrected chi connectivity index (χ4v) is 11.0. The van der Waals surface area contributed by atoms with E-state index in [2.05, 4.69) is 42.6 Å². The maximum atomic E-state index is 15.8. The lowest BCUT2D eigenvalue weighted by Gasteiger charge is -2.39. The smallest absolute Gasteiger partial charge is 0.301 e. The van der Waals surface area contributed by atoms with Crippen molar-refractivity contribution in [2.75, 3.05) is 66.9 Å². The van der Waals surface area contributed by atoms with Crippen LogP contribution in [0.5, 0.6) is 0 Å². The van der Waals surface area contributed by atoms with Crippen LogP contribution < -0.4 is 19.8 Å². The van der Waals surface area contributed by atoms with Crippen molar-refractivity contribution in [1.82, 2.24) is 29.4 Å². The Morgan fingerprint density at radius 1 is 0.859 bits per heavy atom. The number of allylic oxidation sites excluding steroid dienone is 1. The molecule has 2 amide bonds. The lowest BCUT2D eigenvalue weighted by atomic mass is 9.99. The molecule has 64 heavy (non-hydrogen) atoms. The summed E-state index contributed by atoms with van der Waals surface area (Å²) in [6.45, 7) is 9.13. The van der Waals surface area contributed by atoms with Crippen molar-refractivity contribution >= 4 is 55.9 Å². The van der Waals surface area contributed by atoms with Gasteiger partial charge in [0, 0.05) is 116 Å². The highest BCUT2D eigenvalue weighted by Gasteiger charge is 2.39. The zero-order valence-electron chi connectivity index (χ0n) is 34.8. The molecular formula is C46H46F3N9O5S. The van der Waals surface area contributed by atoms with Crippen molar-refractivity contribution in [1.29, 1.82) is 0 Å². The number of benzene rings is 3. The molecule has 1 unspecified atom stereocenters. The first-order valence-electron chi connectivity index (χ1n) is 21.5. The molecule has 14 nitrogen and oxygen atoms in total. The van der Waals surface area contributed by atoms with Crippen LogP contribution in [0.25, 0.3) is 22.2 Å². The van der Waals surface area contributed by atoms with E-state index in [9.17, 15) is 27.2 Å². The summed E-state index contributed by atoms with van der Waals surface area (Å²) in [6, 6.07) is 17.4. The first kappa shape index (κ1) is 41.8. The minimum atomic E-state index is -4.36. The molecule has 0 saturated carbocycles. The number of fused-ring (bicyclic) bond motifs is 2. The number of aromatic nitrogens is 2. The highest BCUT2D eigenvalue weighted by Crippen LogP contribution is 2.35. The molecule has 4 fully saturated rings. The number of carbonyl (C=O) groups excluding carboxylic acids is 3. The van der Waals surface area contributed by atoms with Crippen LogP contribution in [0.1, 0.15) is 57.5 Å². The van der Waals surface area contributed by atoms with E-state index in [1.807, 2.05) is 41.1 Å². The van der Waals surface area contributed by atoms with Crippen LogP contribution in [-0.4, -0.2) is 121 Å². The third-order valence-electron chi connectivity index (χ3n) is 13.3. The predicted molar refractivity (Wildman–Crippen MR) is 236 cm³/mol.